The Hall–Kier alpha value is -3.16. The topological polar surface area (TPSA) is 83.2 Å². The van der Waals surface area contributed by atoms with Crippen LogP contribution in [-0.2, 0) is 0 Å². The molecule has 0 bridgehead atoms. The van der Waals surface area contributed by atoms with Crippen LogP contribution in [0.5, 0.6) is 0 Å². The highest BCUT2D eigenvalue weighted by molar-refractivity contribution is 5.56. The van der Waals surface area contributed by atoms with E-state index in [4.69, 9.17) is 4.52 Å². The molecule has 0 saturated carbocycles. The van der Waals surface area contributed by atoms with E-state index in [1.165, 1.54) is 0 Å². The highest BCUT2D eigenvalue weighted by Gasteiger charge is 2.19. The highest BCUT2D eigenvalue weighted by atomic mass is 16.5. The number of hydrogen-bond donors (Lipinski definition) is 1. The summed E-state index contributed by atoms with van der Waals surface area (Å²) < 4.78 is 5.06. The number of piperazine rings is 1. The number of nitrogens with one attached hydrogen (secondary N) is 1. The van der Waals surface area contributed by atoms with Crippen LogP contribution in [0, 0.1) is 6.92 Å². The van der Waals surface area contributed by atoms with E-state index in [9.17, 15) is 0 Å². The minimum Gasteiger partial charge on any atom is -0.360 e. The Balaban J connectivity index is 1.42. The van der Waals surface area contributed by atoms with Crippen molar-refractivity contribution in [3.8, 4) is 0 Å². The van der Waals surface area contributed by atoms with Gasteiger partial charge < -0.3 is 19.6 Å². The third kappa shape index (κ3) is 3.52. The SMILES string of the molecule is Cc1cc(Nc2cc(N3CCN(c4ccccn4)CC3)ncn2)no1. The standard InChI is InChI=1S/C17H19N7O/c1-13-10-15(22-25-13)21-14-11-17(20-12-19-14)24-8-6-23(7-9-24)16-4-2-3-5-18-16/h2-5,10-12H,6-9H2,1H3,(H,19,20,21,22). The van der Waals surface area contributed by atoms with Crippen LogP contribution in [0.3, 0.4) is 0 Å². The Kier molecular flexibility index (Phi) is 4.16. The minimum absolute atomic E-state index is 0.641. The largest absolute Gasteiger partial charge is 0.360 e. The summed E-state index contributed by atoms with van der Waals surface area (Å²) in [5, 5.41) is 7.06. The molecule has 0 aromatic carbocycles. The lowest BCUT2D eigenvalue weighted by atomic mass is 10.3. The van der Waals surface area contributed by atoms with Crippen molar-refractivity contribution in [3.63, 3.8) is 0 Å². The quantitative estimate of drug-likeness (QED) is 0.776. The van der Waals surface area contributed by atoms with Crippen LogP contribution in [0.15, 0.2) is 47.4 Å². The number of nitrogens with zero attached hydrogens (tertiary/aromatic N) is 6. The van der Waals surface area contributed by atoms with Crippen LogP contribution < -0.4 is 15.1 Å². The molecule has 3 aromatic rings. The van der Waals surface area contributed by atoms with Crippen LogP contribution in [0.4, 0.5) is 23.3 Å². The fourth-order valence-electron chi connectivity index (χ4n) is 2.85. The maximum atomic E-state index is 5.06. The molecule has 128 valence electrons. The van der Waals surface area contributed by atoms with Crippen LogP contribution in [0.1, 0.15) is 5.76 Å². The van der Waals surface area contributed by atoms with Gasteiger partial charge >= 0.3 is 0 Å². The first-order valence-corrected chi connectivity index (χ1v) is 8.21. The Labute approximate surface area is 145 Å². The van der Waals surface area contributed by atoms with Crippen LogP contribution in [-0.4, -0.2) is 46.3 Å². The summed E-state index contributed by atoms with van der Waals surface area (Å²) >= 11 is 0. The summed E-state index contributed by atoms with van der Waals surface area (Å²) in [6.07, 6.45) is 3.39. The number of hydrogen-bond acceptors (Lipinski definition) is 8. The zero-order valence-corrected chi connectivity index (χ0v) is 14.0. The van der Waals surface area contributed by atoms with Gasteiger partial charge in [-0.1, -0.05) is 11.2 Å². The van der Waals surface area contributed by atoms with E-state index < -0.39 is 0 Å². The number of aromatic nitrogens is 4. The van der Waals surface area contributed by atoms with Gasteiger partial charge in [0, 0.05) is 44.5 Å². The molecule has 1 fully saturated rings. The van der Waals surface area contributed by atoms with Gasteiger partial charge in [-0.2, -0.15) is 0 Å². The van der Waals surface area contributed by atoms with Gasteiger partial charge in [-0.25, -0.2) is 15.0 Å². The number of rotatable bonds is 4. The van der Waals surface area contributed by atoms with Crippen molar-refractivity contribution in [2.75, 3.05) is 41.3 Å². The Morgan fingerprint density at radius 3 is 2.40 bits per heavy atom. The number of aryl methyl sites for hydroxylation is 1. The maximum Gasteiger partial charge on any atom is 0.175 e. The second kappa shape index (κ2) is 6.76. The van der Waals surface area contributed by atoms with E-state index in [0.717, 1.165) is 43.6 Å². The second-order valence-electron chi connectivity index (χ2n) is 5.87. The molecule has 4 heterocycles. The average molecular weight is 337 g/mol. The molecule has 25 heavy (non-hydrogen) atoms. The Morgan fingerprint density at radius 2 is 1.72 bits per heavy atom. The van der Waals surface area contributed by atoms with Crippen LogP contribution in [0.25, 0.3) is 0 Å². The van der Waals surface area contributed by atoms with Crippen molar-refractivity contribution in [1.82, 2.24) is 20.1 Å². The summed E-state index contributed by atoms with van der Waals surface area (Å²) in [6.45, 7) is 5.44. The minimum atomic E-state index is 0.641. The lowest BCUT2D eigenvalue weighted by molar-refractivity contribution is 0.400. The predicted octanol–water partition coefficient (Wildman–Crippen LogP) is 2.24. The summed E-state index contributed by atoms with van der Waals surface area (Å²) in [7, 11) is 0. The van der Waals surface area contributed by atoms with E-state index in [-0.39, 0.29) is 0 Å². The van der Waals surface area contributed by atoms with Gasteiger partial charge in [-0.3, -0.25) is 0 Å². The van der Waals surface area contributed by atoms with Gasteiger partial charge in [-0.15, -0.1) is 0 Å². The number of anilines is 4. The molecule has 8 nitrogen and oxygen atoms in total. The molecule has 3 aromatic heterocycles. The molecular formula is C17H19N7O. The highest BCUT2D eigenvalue weighted by Crippen LogP contribution is 2.20. The van der Waals surface area contributed by atoms with Crippen molar-refractivity contribution in [1.29, 1.82) is 0 Å². The van der Waals surface area contributed by atoms with Gasteiger partial charge in [0.05, 0.1) is 0 Å². The third-order valence-electron chi connectivity index (χ3n) is 4.11. The second-order valence-corrected chi connectivity index (χ2v) is 5.87. The molecule has 1 saturated heterocycles. The predicted molar refractivity (Wildman–Crippen MR) is 95.2 cm³/mol. The first kappa shape index (κ1) is 15.4. The van der Waals surface area contributed by atoms with E-state index in [2.05, 4.69) is 35.2 Å². The fourth-order valence-corrected chi connectivity index (χ4v) is 2.85. The van der Waals surface area contributed by atoms with Gasteiger partial charge in [-0.05, 0) is 19.1 Å². The molecule has 1 aliphatic rings. The van der Waals surface area contributed by atoms with E-state index >= 15 is 0 Å². The summed E-state index contributed by atoms with van der Waals surface area (Å²) in [4.78, 5) is 17.6. The normalized spacial score (nSPS) is 14.6. The molecule has 0 unspecified atom stereocenters. The Bertz CT molecular complexity index is 828. The van der Waals surface area contributed by atoms with Gasteiger partial charge in [0.15, 0.2) is 5.82 Å². The third-order valence-corrected chi connectivity index (χ3v) is 4.11. The van der Waals surface area contributed by atoms with Crippen LogP contribution >= 0.6 is 0 Å². The summed E-state index contributed by atoms with van der Waals surface area (Å²) in [5.41, 5.74) is 0. The Morgan fingerprint density at radius 1 is 0.920 bits per heavy atom. The lowest BCUT2D eigenvalue weighted by Gasteiger charge is -2.36. The monoisotopic (exact) mass is 337 g/mol. The smallest absolute Gasteiger partial charge is 0.175 e. The van der Waals surface area contributed by atoms with Crippen molar-refractivity contribution >= 4 is 23.3 Å². The molecule has 4 rings (SSSR count). The molecule has 0 radical (unpaired) electrons. The maximum absolute atomic E-state index is 5.06. The average Bonchev–Trinajstić information content (AvgIpc) is 3.07. The van der Waals surface area contributed by atoms with E-state index in [1.807, 2.05) is 43.5 Å². The molecule has 0 atom stereocenters. The van der Waals surface area contributed by atoms with E-state index in [0.29, 0.717) is 11.6 Å². The summed E-state index contributed by atoms with van der Waals surface area (Å²) in [5.74, 6) is 4.02. The van der Waals surface area contributed by atoms with Crippen molar-refractivity contribution in [2.45, 2.75) is 6.92 Å². The molecule has 1 N–H and O–H groups in total. The molecule has 0 aliphatic carbocycles. The lowest BCUT2D eigenvalue weighted by Crippen LogP contribution is -2.47. The number of pyridine rings is 1. The first-order chi connectivity index (χ1) is 12.3. The zero-order valence-electron chi connectivity index (χ0n) is 14.0. The molecule has 0 amide bonds. The van der Waals surface area contributed by atoms with Crippen LogP contribution in [0.2, 0.25) is 0 Å². The molecular weight excluding hydrogens is 318 g/mol. The first-order valence-electron chi connectivity index (χ1n) is 8.21. The van der Waals surface area contributed by atoms with Gasteiger partial charge in [0.2, 0.25) is 0 Å². The van der Waals surface area contributed by atoms with Crippen molar-refractivity contribution in [2.24, 2.45) is 0 Å². The van der Waals surface area contributed by atoms with Crippen molar-refractivity contribution in [3.05, 3.63) is 48.6 Å². The summed E-state index contributed by atoms with van der Waals surface area (Å²) in [6, 6.07) is 9.75. The molecule has 1 aliphatic heterocycles. The van der Waals surface area contributed by atoms with Gasteiger partial charge in [0.25, 0.3) is 0 Å². The molecule has 8 heteroatoms. The molecule has 0 spiro atoms. The fraction of sp³-hybridized carbons (Fsp3) is 0.294. The van der Waals surface area contributed by atoms with E-state index in [1.54, 1.807) is 6.33 Å². The van der Waals surface area contributed by atoms with Gasteiger partial charge in [0.1, 0.15) is 29.5 Å². The zero-order chi connectivity index (χ0) is 17.1. The van der Waals surface area contributed by atoms with Crippen molar-refractivity contribution < 1.29 is 4.52 Å².